The molecule has 2 N–H and O–H groups in total. The predicted octanol–water partition coefficient (Wildman–Crippen LogP) is 4.69. The van der Waals surface area contributed by atoms with Gasteiger partial charge in [0.25, 0.3) is 5.78 Å². The number of carbonyl (C=O) groups is 3. The van der Waals surface area contributed by atoms with Crippen molar-refractivity contribution in [2.24, 2.45) is 0 Å². The average molecular weight is 627 g/mol. The van der Waals surface area contributed by atoms with E-state index in [-0.39, 0.29) is 43.9 Å². The third-order valence-electron chi connectivity index (χ3n) is 6.41. The number of benzene rings is 1. The van der Waals surface area contributed by atoms with E-state index in [0.29, 0.717) is 22.6 Å². The van der Waals surface area contributed by atoms with E-state index < -0.39 is 29.5 Å². The number of phenols is 1. The van der Waals surface area contributed by atoms with Gasteiger partial charge in [0.1, 0.15) is 16.2 Å². The van der Waals surface area contributed by atoms with Crippen LogP contribution in [0.15, 0.2) is 46.6 Å². The summed E-state index contributed by atoms with van der Waals surface area (Å²) in [6, 6.07) is 7.07. The van der Waals surface area contributed by atoms with Crippen LogP contribution in [0, 0.1) is 13.8 Å². The lowest BCUT2D eigenvalue weighted by molar-refractivity contribution is -0.132. The zero-order valence-electron chi connectivity index (χ0n) is 21.8. The number of anilines is 1. The third kappa shape index (κ3) is 4.31. The molecule has 0 aliphatic carbocycles. The molecule has 5 rings (SSSR count). The summed E-state index contributed by atoms with van der Waals surface area (Å²) in [7, 11) is 1.36. The Balaban J connectivity index is 1.79. The van der Waals surface area contributed by atoms with Crippen molar-refractivity contribution < 1.29 is 34.1 Å². The van der Waals surface area contributed by atoms with Crippen LogP contribution in [0.3, 0.4) is 0 Å². The molecule has 0 spiro atoms. The Labute approximate surface area is 240 Å². The number of aliphatic hydroxyl groups excluding tert-OH is 1. The number of methoxy groups -OCH3 is 1. The number of aromatic hydroxyl groups is 1. The largest absolute Gasteiger partial charge is 0.505 e. The van der Waals surface area contributed by atoms with Gasteiger partial charge in [-0.3, -0.25) is 18.9 Å². The molecule has 1 unspecified atom stereocenters. The number of amides is 1. The highest BCUT2D eigenvalue weighted by Gasteiger charge is 2.49. The summed E-state index contributed by atoms with van der Waals surface area (Å²) in [4.78, 5) is 50.0. The smallest absolute Gasteiger partial charge is 0.350 e. The molecular weight excluding hydrogens is 604 g/mol. The number of fused-ring (bicyclic) bond motifs is 1. The maximum Gasteiger partial charge on any atom is 0.350 e. The molecule has 1 aliphatic rings. The van der Waals surface area contributed by atoms with Crippen LogP contribution in [-0.2, 0) is 14.3 Å². The highest BCUT2D eigenvalue weighted by atomic mass is 79.9. The van der Waals surface area contributed by atoms with E-state index in [4.69, 9.17) is 9.47 Å². The summed E-state index contributed by atoms with van der Waals surface area (Å²) in [5.41, 5.74) is 1.65. The van der Waals surface area contributed by atoms with Crippen molar-refractivity contribution in [2.45, 2.75) is 26.8 Å². The maximum absolute atomic E-state index is 13.6. The fourth-order valence-electron chi connectivity index (χ4n) is 4.65. The lowest BCUT2D eigenvalue weighted by atomic mass is 9.96. The van der Waals surface area contributed by atoms with Gasteiger partial charge in [-0.2, -0.15) is 0 Å². The van der Waals surface area contributed by atoms with Crippen molar-refractivity contribution in [3.05, 3.63) is 74.1 Å². The van der Waals surface area contributed by atoms with Gasteiger partial charge < -0.3 is 19.7 Å². The number of ether oxygens (including phenoxy) is 2. The molecule has 1 atom stereocenters. The number of imidazole rings is 1. The van der Waals surface area contributed by atoms with Gasteiger partial charge in [-0.05, 0) is 66.5 Å². The fourth-order valence-corrected chi connectivity index (χ4v) is 6.10. The van der Waals surface area contributed by atoms with E-state index in [2.05, 4.69) is 25.9 Å². The number of phenolic OH excluding ortho intramolecular Hbond substituents is 1. The molecule has 0 saturated carbocycles. The Kier molecular flexibility index (Phi) is 7.10. The van der Waals surface area contributed by atoms with E-state index >= 15 is 0 Å². The molecule has 206 valence electrons. The van der Waals surface area contributed by atoms with Crippen molar-refractivity contribution in [1.29, 1.82) is 0 Å². The number of hydrogen-bond acceptors (Lipinski definition) is 10. The first-order chi connectivity index (χ1) is 19.1. The van der Waals surface area contributed by atoms with E-state index in [1.165, 1.54) is 19.2 Å². The Bertz CT molecular complexity index is 1740. The lowest BCUT2D eigenvalue weighted by Gasteiger charge is -2.24. The summed E-state index contributed by atoms with van der Waals surface area (Å²) in [6.45, 7) is 5.10. The van der Waals surface area contributed by atoms with Crippen LogP contribution >= 0.6 is 27.3 Å². The number of carbonyl (C=O) groups excluding carboxylic acids is 3. The number of thiazole rings is 1. The second-order valence-electron chi connectivity index (χ2n) is 8.83. The number of ketones is 1. The normalized spacial score (nSPS) is 16.6. The van der Waals surface area contributed by atoms with Gasteiger partial charge in [0.15, 0.2) is 22.4 Å². The molecular formula is C27H23BrN4O7S. The summed E-state index contributed by atoms with van der Waals surface area (Å²) >= 11 is 4.19. The standard InChI is InChI=1S/C27H23BrN4O7S/c1-5-39-26(37)24-13(3)30-27(40-24)32-20(14-10-15(28)21(33)16(11-14)38-4)18(23(35)25(32)36)22(34)19-12(2)29-17-8-6-7-9-31(17)19/h6-11,20,33-34H,5H2,1-4H3/b22-18+. The molecule has 1 fully saturated rings. The number of pyridine rings is 1. The second kappa shape index (κ2) is 10.4. The summed E-state index contributed by atoms with van der Waals surface area (Å²) in [5, 5.41) is 22.2. The van der Waals surface area contributed by atoms with Crippen LogP contribution in [0.5, 0.6) is 11.5 Å². The van der Waals surface area contributed by atoms with E-state index in [9.17, 15) is 24.6 Å². The minimum atomic E-state index is -1.19. The molecule has 4 aromatic rings. The van der Waals surface area contributed by atoms with Gasteiger partial charge in [-0.25, -0.2) is 14.8 Å². The minimum absolute atomic E-state index is 0.0599. The highest BCUT2D eigenvalue weighted by molar-refractivity contribution is 9.10. The van der Waals surface area contributed by atoms with Crippen LogP contribution < -0.4 is 9.64 Å². The molecule has 1 amide bonds. The van der Waals surface area contributed by atoms with E-state index in [0.717, 1.165) is 16.2 Å². The molecule has 0 radical (unpaired) electrons. The van der Waals surface area contributed by atoms with Crippen molar-refractivity contribution >= 4 is 61.5 Å². The summed E-state index contributed by atoms with van der Waals surface area (Å²) < 4.78 is 12.3. The Morgan fingerprint density at radius 2 is 1.93 bits per heavy atom. The van der Waals surface area contributed by atoms with E-state index in [1.54, 1.807) is 49.6 Å². The van der Waals surface area contributed by atoms with Crippen molar-refractivity contribution in [2.75, 3.05) is 18.6 Å². The minimum Gasteiger partial charge on any atom is -0.505 e. The number of Topliss-reactive ketones (excluding diaryl/α,β-unsaturated/α-hetero) is 1. The van der Waals surface area contributed by atoms with Gasteiger partial charge in [0, 0.05) is 6.20 Å². The van der Waals surface area contributed by atoms with Gasteiger partial charge in [-0.1, -0.05) is 17.4 Å². The van der Waals surface area contributed by atoms with Crippen LogP contribution in [0.2, 0.25) is 0 Å². The van der Waals surface area contributed by atoms with Gasteiger partial charge in [0.05, 0.1) is 41.2 Å². The first-order valence-corrected chi connectivity index (χ1v) is 13.7. The Morgan fingerprint density at radius 1 is 1.18 bits per heavy atom. The Hall–Kier alpha value is -4.23. The molecule has 13 heteroatoms. The number of halogens is 1. The number of aryl methyl sites for hydroxylation is 2. The molecule has 3 aromatic heterocycles. The predicted molar refractivity (Wildman–Crippen MR) is 150 cm³/mol. The number of hydrogen-bond donors (Lipinski definition) is 2. The molecule has 4 heterocycles. The van der Waals surface area contributed by atoms with Crippen molar-refractivity contribution in [1.82, 2.24) is 14.4 Å². The lowest BCUT2D eigenvalue weighted by Crippen LogP contribution is -2.29. The second-order valence-corrected chi connectivity index (χ2v) is 10.7. The molecule has 1 aromatic carbocycles. The van der Waals surface area contributed by atoms with Gasteiger partial charge >= 0.3 is 11.9 Å². The first-order valence-electron chi connectivity index (χ1n) is 12.0. The van der Waals surface area contributed by atoms with Crippen molar-refractivity contribution in [3.63, 3.8) is 0 Å². The number of nitrogens with zero attached hydrogens (tertiary/aromatic N) is 4. The number of esters is 1. The topological polar surface area (TPSA) is 144 Å². The SMILES string of the molecule is CCOC(=O)c1sc(N2C(=O)C(=O)/C(=C(/O)c3c(C)nc4ccccn34)C2c2cc(Br)c(O)c(OC)c2)nc1C. The van der Waals surface area contributed by atoms with Crippen molar-refractivity contribution in [3.8, 4) is 11.5 Å². The molecule has 1 aliphatic heterocycles. The quantitative estimate of drug-likeness (QED) is 0.135. The molecule has 40 heavy (non-hydrogen) atoms. The molecule has 0 bridgehead atoms. The van der Waals surface area contributed by atoms with Gasteiger partial charge in [0.2, 0.25) is 0 Å². The van der Waals surface area contributed by atoms with Crippen LogP contribution in [0.1, 0.15) is 45.3 Å². The number of aliphatic hydroxyl groups is 1. The highest BCUT2D eigenvalue weighted by Crippen LogP contribution is 2.47. The zero-order valence-corrected chi connectivity index (χ0v) is 24.2. The third-order valence-corrected chi connectivity index (χ3v) is 8.15. The summed E-state index contributed by atoms with van der Waals surface area (Å²) in [6.07, 6.45) is 1.69. The fraction of sp³-hybridized carbons (Fsp3) is 0.222. The maximum atomic E-state index is 13.6. The monoisotopic (exact) mass is 626 g/mol. The number of rotatable bonds is 6. The van der Waals surface area contributed by atoms with Gasteiger partial charge in [-0.15, -0.1) is 0 Å². The zero-order chi connectivity index (χ0) is 28.9. The van der Waals surface area contributed by atoms with Crippen LogP contribution in [0.25, 0.3) is 11.4 Å². The average Bonchev–Trinajstić information content (AvgIpc) is 3.55. The van der Waals surface area contributed by atoms with Crippen LogP contribution in [0.4, 0.5) is 5.13 Å². The Morgan fingerprint density at radius 3 is 2.62 bits per heavy atom. The van der Waals surface area contributed by atoms with E-state index in [1.807, 2.05) is 0 Å². The summed E-state index contributed by atoms with van der Waals surface area (Å²) in [5.74, 6) is -3.07. The molecule has 11 nitrogen and oxygen atoms in total. The molecule has 1 saturated heterocycles. The first kappa shape index (κ1) is 27.3. The van der Waals surface area contributed by atoms with Crippen LogP contribution in [-0.4, -0.2) is 56.0 Å². The number of aromatic nitrogens is 3.